The van der Waals surface area contributed by atoms with E-state index in [2.05, 4.69) is 46.4 Å². The summed E-state index contributed by atoms with van der Waals surface area (Å²) in [5, 5.41) is 2.99. The number of carbonyl (C=O) groups is 2. The summed E-state index contributed by atoms with van der Waals surface area (Å²) in [4.78, 5) is 27.6. The van der Waals surface area contributed by atoms with E-state index in [-0.39, 0.29) is 17.4 Å². The largest absolute Gasteiger partial charge is 0.350 e. The van der Waals surface area contributed by atoms with Crippen molar-refractivity contribution in [3.05, 3.63) is 69.7 Å². The second-order valence-corrected chi connectivity index (χ2v) is 10.4. The van der Waals surface area contributed by atoms with E-state index in [1.165, 1.54) is 11.1 Å². The SMILES string of the molecule is Cc1cccc(CSCC(=O)N(Cc2cccc(Br)c2)C(C)C(=O)NC(C)(C)C)c1. The molecule has 0 aliphatic rings. The van der Waals surface area contributed by atoms with Crippen LogP contribution in [0.2, 0.25) is 0 Å². The predicted octanol–water partition coefficient (Wildman–Crippen LogP) is 5.32. The van der Waals surface area contributed by atoms with E-state index in [4.69, 9.17) is 0 Å². The molecule has 2 aromatic carbocycles. The lowest BCUT2D eigenvalue weighted by molar-refractivity contribution is -0.139. The van der Waals surface area contributed by atoms with Crippen molar-refractivity contribution >= 4 is 39.5 Å². The summed E-state index contributed by atoms with van der Waals surface area (Å²) in [6, 6.07) is 15.6. The molecule has 0 bridgehead atoms. The van der Waals surface area contributed by atoms with Crippen LogP contribution in [-0.4, -0.2) is 34.0 Å². The van der Waals surface area contributed by atoms with Gasteiger partial charge in [-0.15, -0.1) is 11.8 Å². The molecule has 0 fully saturated rings. The third kappa shape index (κ3) is 8.15. The third-order valence-corrected chi connectivity index (χ3v) is 5.97. The number of benzene rings is 2. The third-order valence-electron chi connectivity index (χ3n) is 4.48. The first-order valence-electron chi connectivity index (χ1n) is 10.0. The Balaban J connectivity index is 2.10. The van der Waals surface area contributed by atoms with Crippen molar-refractivity contribution < 1.29 is 9.59 Å². The molecule has 0 saturated carbocycles. The molecule has 0 saturated heterocycles. The van der Waals surface area contributed by atoms with Gasteiger partial charge in [0.25, 0.3) is 0 Å². The summed E-state index contributed by atoms with van der Waals surface area (Å²) < 4.78 is 0.952. The Morgan fingerprint density at radius 2 is 1.77 bits per heavy atom. The number of rotatable bonds is 8. The summed E-state index contributed by atoms with van der Waals surface area (Å²) in [7, 11) is 0. The quantitative estimate of drug-likeness (QED) is 0.544. The highest BCUT2D eigenvalue weighted by Gasteiger charge is 2.28. The van der Waals surface area contributed by atoms with Crippen LogP contribution in [0.3, 0.4) is 0 Å². The second-order valence-electron chi connectivity index (χ2n) is 8.55. The molecule has 1 atom stereocenters. The lowest BCUT2D eigenvalue weighted by Gasteiger charge is -2.31. The maximum atomic E-state index is 13.1. The van der Waals surface area contributed by atoms with Gasteiger partial charge in [0.05, 0.1) is 5.75 Å². The Labute approximate surface area is 192 Å². The van der Waals surface area contributed by atoms with Crippen LogP contribution >= 0.6 is 27.7 Å². The van der Waals surface area contributed by atoms with Crippen LogP contribution in [0.25, 0.3) is 0 Å². The van der Waals surface area contributed by atoms with Gasteiger partial charge in [0.15, 0.2) is 0 Å². The average Bonchev–Trinajstić information content (AvgIpc) is 2.64. The zero-order valence-corrected chi connectivity index (χ0v) is 20.8. The van der Waals surface area contributed by atoms with Gasteiger partial charge >= 0.3 is 0 Å². The van der Waals surface area contributed by atoms with Crippen molar-refractivity contribution in [1.82, 2.24) is 10.2 Å². The van der Waals surface area contributed by atoms with Gasteiger partial charge < -0.3 is 10.2 Å². The van der Waals surface area contributed by atoms with E-state index in [9.17, 15) is 9.59 Å². The lowest BCUT2D eigenvalue weighted by atomic mass is 10.1. The van der Waals surface area contributed by atoms with Crippen molar-refractivity contribution in [2.24, 2.45) is 0 Å². The number of amides is 2. The normalized spacial score (nSPS) is 12.3. The van der Waals surface area contributed by atoms with Gasteiger partial charge in [0.1, 0.15) is 6.04 Å². The predicted molar refractivity (Wildman–Crippen MR) is 129 cm³/mol. The Hall–Kier alpha value is -1.79. The summed E-state index contributed by atoms with van der Waals surface area (Å²) in [5.74, 6) is 0.911. The van der Waals surface area contributed by atoms with E-state index < -0.39 is 6.04 Å². The zero-order chi connectivity index (χ0) is 22.3. The molecule has 0 spiro atoms. The summed E-state index contributed by atoms with van der Waals surface area (Å²) in [6.45, 7) is 10.1. The number of aryl methyl sites for hydroxylation is 1. The fourth-order valence-corrected chi connectivity index (χ4v) is 4.33. The van der Waals surface area contributed by atoms with Crippen LogP contribution in [-0.2, 0) is 21.9 Å². The Kier molecular flexibility index (Phi) is 8.98. The summed E-state index contributed by atoms with van der Waals surface area (Å²) in [6.07, 6.45) is 0. The van der Waals surface area contributed by atoms with E-state index in [0.29, 0.717) is 12.3 Å². The van der Waals surface area contributed by atoms with Crippen molar-refractivity contribution in [3.63, 3.8) is 0 Å². The number of carbonyl (C=O) groups excluding carboxylic acids is 2. The smallest absolute Gasteiger partial charge is 0.242 e. The van der Waals surface area contributed by atoms with Gasteiger partial charge in [-0.05, 0) is 57.9 Å². The first kappa shape index (κ1) is 24.5. The molecule has 0 heterocycles. The minimum Gasteiger partial charge on any atom is -0.350 e. The number of hydrogen-bond donors (Lipinski definition) is 1. The second kappa shape index (κ2) is 11.0. The lowest BCUT2D eigenvalue weighted by Crippen LogP contribution is -2.52. The maximum absolute atomic E-state index is 13.1. The van der Waals surface area contributed by atoms with Crippen molar-refractivity contribution in [2.75, 3.05) is 5.75 Å². The highest BCUT2D eigenvalue weighted by molar-refractivity contribution is 9.10. The number of thioether (sulfide) groups is 1. The van der Waals surface area contributed by atoms with Crippen LogP contribution < -0.4 is 5.32 Å². The fourth-order valence-electron chi connectivity index (χ4n) is 3.03. The molecule has 0 aliphatic heterocycles. The van der Waals surface area contributed by atoms with Crippen molar-refractivity contribution in [2.45, 2.75) is 58.5 Å². The number of nitrogens with one attached hydrogen (secondary N) is 1. The Morgan fingerprint density at radius 1 is 1.10 bits per heavy atom. The van der Waals surface area contributed by atoms with Crippen LogP contribution in [0.5, 0.6) is 0 Å². The van der Waals surface area contributed by atoms with Gasteiger partial charge in [-0.3, -0.25) is 9.59 Å². The van der Waals surface area contributed by atoms with Gasteiger partial charge in [-0.25, -0.2) is 0 Å². The highest BCUT2D eigenvalue weighted by Crippen LogP contribution is 2.19. The van der Waals surface area contributed by atoms with Gasteiger partial charge in [0, 0.05) is 22.3 Å². The molecule has 4 nitrogen and oxygen atoms in total. The topological polar surface area (TPSA) is 49.4 Å². The molecule has 6 heteroatoms. The van der Waals surface area contributed by atoms with E-state index in [0.717, 1.165) is 15.8 Å². The molecule has 1 unspecified atom stereocenters. The summed E-state index contributed by atoms with van der Waals surface area (Å²) >= 11 is 5.06. The first-order valence-corrected chi connectivity index (χ1v) is 12.0. The molecular formula is C24H31BrN2O2S. The molecule has 0 aliphatic carbocycles. The van der Waals surface area contributed by atoms with Crippen LogP contribution in [0.1, 0.15) is 44.4 Å². The van der Waals surface area contributed by atoms with Crippen LogP contribution in [0.4, 0.5) is 0 Å². The molecule has 2 amide bonds. The molecular weight excluding hydrogens is 460 g/mol. The van der Waals surface area contributed by atoms with Crippen LogP contribution in [0, 0.1) is 6.92 Å². The molecule has 1 N–H and O–H groups in total. The fraction of sp³-hybridized carbons (Fsp3) is 0.417. The zero-order valence-electron chi connectivity index (χ0n) is 18.4. The highest BCUT2D eigenvalue weighted by atomic mass is 79.9. The monoisotopic (exact) mass is 490 g/mol. The van der Waals surface area contributed by atoms with E-state index in [1.807, 2.05) is 51.1 Å². The standard InChI is InChI=1S/C24H31BrN2O2S/c1-17-8-6-10-20(12-17)15-30-16-22(28)27(14-19-9-7-11-21(25)13-19)18(2)23(29)26-24(3,4)5/h6-13,18H,14-16H2,1-5H3,(H,26,29). The minimum atomic E-state index is -0.560. The van der Waals surface area contributed by atoms with Gasteiger partial charge in [-0.1, -0.05) is 57.9 Å². The van der Waals surface area contributed by atoms with Crippen molar-refractivity contribution in [1.29, 1.82) is 0 Å². The molecule has 0 radical (unpaired) electrons. The Bertz CT molecular complexity index is 880. The summed E-state index contributed by atoms with van der Waals surface area (Å²) in [5.41, 5.74) is 3.04. The maximum Gasteiger partial charge on any atom is 0.242 e. The number of halogens is 1. The van der Waals surface area contributed by atoms with Crippen LogP contribution in [0.15, 0.2) is 53.0 Å². The molecule has 162 valence electrons. The molecule has 0 aromatic heterocycles. The minimum absolute atomic E-state index is 0.0378. The average molecular weight is 491 g/mol. The van der Waals surface area contributed by atoms with E-state index in [1.54, 1.807) is 23.6 Å². The molecule has 2 aromatic rings. The van der Waals surface area contributed by atoms with Gasteiger partial charge in [-0.2, -0.15) is 0 Å². The Morgan fingerprint density at radius 3 is 2.40 bits per heavy atom. The number of nitrogens with zero attached hydrogens (tertiary/aromatic N) is 1. The number of hydrogen-bond acceptors (Lipinski definition) is 3. The molecule has 2 rings (SSSR count). The van der Waals surface area contributed by atoms with Gasteiger partial charge in [0.2, 0.25) is 11.8 Å². The van der Waals surface area contributed by atoms with Crippen molar-refractivity contribution in [3.8, 4) is 0 Å². The molecule has 30 heavy (non-hydrogen) atoms. The first-order chi connectivity index (χ1) is 14.0. The van der Waals surface area contributed by atoms with E-state index >= 15 is 0 Å².